The Hall–Kier alpha value is 0.270. The van der Waals surface area contributed by atoms with Gasteiger partial charge >= 0.3 is 0 Å². The predicted octanol–water partition coefficient (Wildman–Crippen LogP) is 2.40. The second-order valence-corrected chi connectivity index (χ2v) is 3.37. The van der Waals surface area contributed by atoms with Crippen LogP contribution in [0.2, 0.25) is 0 Å². The molecule has 0 heterocycles. The zero-order chi connectivity index (χ0) is 7.28. The quantitative estimate of drug-likeness (QED) is 0.607. The second-order valence-electron chi connectivity index (χ2n) is 1.26. The van der Waals surface area contributed by atoms with E-state index in [9.17, 15) is 0 Å². The van der Waals surface area contributed by atoms with Gasteiger partial charge in [-0.3, -0.25) is 0 Å². The number of rotatable bonds is 2. The fourth-order valence-corrected chi connectivity index (χ4v) is 0.929. The van der Waals surface area contributed by atoms with Gasteiger partial charge in [0, 0.05) is 10.8 Å². The van der Waals surface area contributed by atoms with Crippen LogP contribution in [0.15, 0.2) is 11.6 Å². The Bertz CT molecular complexity index is 124. The molecule has 0 amide bonds. The lowest BCUT2D eigenvalue weighted by atomic mass is 10.7. The Morgan fingerprint density at radius 3 is 2.78 bits per heavy atom. The van der Waals surface area contributed by atoms with E-state index in [4.69, 9.17) is 28.6 Å². The van der Waals surface area contributed by atoms with Crippen molar-refractivity contribution < 1.29 is 4.74 Å². The van der Waals surface area contributed by atoms with E-state index in [1.165, 1.54) is 18.9 Å². The Morgan fingerprint density at radius 2 is 2.44 bits per heavy atom. The van der Waals surface area contributed by atoms with E-state index in [-0.39, 0.29) is 0 Å². The third-order valence-corrected chi connectivity index (χ3v) is 2.22. The summed E-state index contributed by atoms with van der Waals surface area (Å²) in [5.74, 6) is 0.619. The molecule has 0 saturated carbocycles. The van der Waals surface area contributed by atoms with Crippen LogP contribution in [0.25, 0.3) is 0 Å². The number of ether oxygens (including phenoxy) is 1. The molecule has 0 rings (SSSR count). The van der Waals surface area contributed by atoms with Gasteiger partial charge in [0.05, 0.1) is 7.11 Å². The van der Waals surface area contributed by atoms with Crippen molar-refractivity contribution in [3.05, 3.63) is 11.6 Å². The third kappa shape index (κ3) is 6.15. The van der Waals surface area contributed by atoms with Crippen molar-refractivity contribution in [3.63, 3.8) is 0 Å². The summed E-state index contributed by atoms with van der Waals surface area (Å²) in [4.78, 5) is 0. The molecule has 0 aliphatic rings. The van der Waals surface area contributed by atoms with Crippen LogP contribution in [-0.4, -0.2) is 17.2 Å². The molecule has 0 aromatic heterocycles. The van der Waals surface area contributed by atoms with Crippen molar-refractivity contribution in [3.8, 4) is 0 Å². The molecular weight excluding hydrogens is 176 g/mol. The molecule has 4 heteroatoms. The molecule has 9 heavy (non-hydrogen) atoms. The van der Waals surface area contributed by atoms with Crippen LogP contribution in [0.4, 0.5) is 0 Å². The maximum atomic E-state index is 5.45. The summed E-state index contributed by atoms with van der Waals surface area (Å²) >= 11 is 11.5. The highest BCUT2D eigenvalue weighted by molar-refractivity contribution is 8.22. The first-order chi connectivity index (χ1) is 4.16. The van der Waals surface area contributed by atoms with Gasteiger partial charge in [0.2, 0.25) is 4.38 Å². The van der Waals surface area contributed by atoms with Crippen molar-refractivity contribution in [2.75, 3.05) is 12.9 Å². The monoisotopic (exact) mass is 182 g/mol. The zero-order valence-corrected chi connectivity index (χ0v) is 7.41. The Kier molecular flexibility index (Phi) is 5.24. The molecule has 0 saturated heterocycles. The first-order valence-electron chi connectivity index (χ1n) is 2.21. The number of hydrogen-bond donors (Lipinski definition) is 0. The van der Waals surface area contributed by atoms with Crippen LogP contribution in [0, 0.1) is 0 Å². The molecular formula is C5H7ClOS2. The van der Waals surface area contributed by atoms with Crippen molar-refractivity contribution in [1.82, 2.24) is 0 Å². The summed E-state index contributed by atoms with van der Waals surface area (Å²) in [6.07, 6.45) is 0. The summed E-state index contributed by atoms with van der Waals surface area (Å²) in [6, 6.07) is 0. The average Bonchev–Trinajstić information content (AvgIpc) is 1.83. The minimum atomic E-state index is 0.497. The van der Waals surface area contributed by atoms with E-state index < -0.39 is 0 Å². The van der Waals surface area contributed by atoms with Crippen LogP contribution in [0.5, 0.6) is 0 Å². The van der Waals surface area contributed by atoms with Crippen molar-refractivity contribution in [2.45, 2.75) is 0 Å². The highest BCUT2D eigenvalue weighted by atomic mass is 35.5. The van der Waals surface area contributed by atoms with Crippen molar-refractivity contribution in [2.24, 2.45) is 0 Å². The normalized spacial score (nSPS) is 8.67. The third-order valence-electron chi connectivity index (χ3n) is 0.513. The van der Waals surface area contributed by atoms with Crippen LogP contribution in [-0.2, 0) is 4.74 Å². The van der Waals surface area contributed by atoms with Gasteiger partial charge in [-0.05, 0) is 12.2 Å². The molecule has 0 aliphatic carbocycles. The topological polar surface area (TPSA) is 9.23 Å². The molecule has 0 aliphatic heterocycles. The van der Waals surface area contributed by atoms with Gasteiger partial charge in [0.15, 0.2) is 0 Å². The zero-order valence-electron chi connectivity index (χ0n) is 5.02. The van der Waals surface area contributed by atoms with Crippen LogP contribution in [0.3, 0.4) is 0 Å². The molecule has 0 unspecified atom stereocenters. The summed E-state index contributed by atoms with van der Waals surface area (Å²) < 4.78 is 5.19. The highest BCUT2D eigenvalue weighted by Crippen LogP contribution is 2.11. The van der Waals surface area contributed by atoms with Crippen molar-refractivity contribution in [1.29, 1.82) is 0 Å². The average molecular weight is 183 g/mol. The van der Waals surface area contributed by atoms with E-state index in [1.807, 2.05) is 0 Å². The van der Waals surface area contributed by atoms with Crippen LogP contribution in [0.1, 0.15) is 0 Å². The number of thiocarbonyl (C=S) groups is 1. The minimum Gasteiger partial charge on any atom is -0.482 e. The lowest BCUT2D eigenvalue weighted by Gasteiger charge is -1.97. The minimum absolute atomic E-state index is 0.497. The predicted molar refractivity (Wildman–Crippen MR) is 47.1 cm³/mol. The fraction of sp³-hybridized carbons (Fsp3) is 0.400. The molecule has 0 N–H and O–H groups in total. The molecule has 0 bridgehead atoms. The number of methoxy groups -OCH3 is 1. The summed E-state index contributed by atoms with van der Waals surface area (Å²) in [6.45, 7) is 3.49. The Balaban J connectivity index is 3.28. The van der Waals surface area contributed by atoms with Gasteiger partial charge in [0.25, 0.3) is 0 Å². The van der Waals surface area contributed by atoms with Gasteiger partial charge in [-0.2, -0.15) is 0 Å². The van der Waals surface area contributed by atoms with Gasteiger partial charge in [-0.15, -0.1) is 0 Å². The van der Waals surface area contributed by atoms with E-state index in [0.717, 1.165) is 0 Å². The molecule has 0 atom stereocenters. The molecule has 1 nitrogen and oxygen atoms in total. The molecule has 0 aromatic carbocycles. The summed E-state index contributed by atoms with van der Waals surface area (Å²) in [7, 11) is 1.53. The van der Waals surface area contributed by atoms with Crippen LogP contribution >= 0.6 is 35.6 Å². The van der Waals surface area contributed by atoms with E-state index in [1.54, 1.807) is 0 Å². The fourth-order valence-electron chi connectivity index (χ4n) is 0.196. The molecule has 0 fully saturated rings. The van der Waals surface area contributed by atoms with Crippen molar-refractivity contribution >= 4 is 40.0 Å². The molecule has 52 valence electrons. The lowest BCUT2D eigenvalue weighted by Crippen LogP contribution is -1.91. The van der Waals surface area contributed by atoms with Gasteiger partial charge < -0.3 is 4.74 Å². The highest BCUT2D eigenvalue weighted by Gasteiger charge is 1.95. The number of hydrogen-bond acceptors (Lipinski definition) is 3. The number of halogens is 1. The van der Waals surface area contributed by atoms with Gasteiger partial charge in [-0.1, -0.05) is 29.9 Å². The second kappa shape index (κ2) is 5.09. The van der Waals surface area contributed by atoms with E-state index >= 15 is 0 Å². The van der Waals surface area contributed by atoms with E-state index in [2.05, 4.69) is 6.58 Å². The van der Waals surface area contributed by atoms with Crippen LogP contribution < -0.4 is 0 Å². The van der Waals surface area contributed by atoms with Gasteiger partial charge in [-0.25, -0.2) is 0 Å². The largest absolute Gasteiger partial charge is 0.482 e. The van der Waals surface area contributed by atoms with E-state index in [0.29, 0.717) is 15.2 Å². The summed E-state index contributed by atoms with van der Waals surface area (Å²) in [5, 5.41) is 0.583. The first kappa shape index (κ1) is 9.27. The standard InChI is InChI=1S/C5H7ClOS2/c1-4(6)3-9-5(8)7-2/h1,3H2,2H3. The SMILES string of the molecule is C=C(Cl)CSC(=S)OC. The maximum absolute atomic E-state index is 5.45. The molecule has 0 aromatic rings. The van der Waals surface area contributed by atoms with Gasteiger partial charge in [0.1, 0.15) is 0 Å². The number of thioether (sulfide) groups is 1. The summed E-state index contributed by atoms with van der Waals surface area (Å²) in [5.41, 5.74) is 0. The lowest BCUT2D eigenvalue weighted by molar-refractivity contribution is 0.426. The molecule has 0 radical (unpaired) electrons. The smallest absolute Gasteiger partial charge is 0.220 e. The maximum Gasteiger partial charge on any atom is 0.220 e. The Morgan fingerprint density at radius 1 is 1.89 bits per heavy atom. The molecule has 0 spiro atoms. The first-order valence-corrected chi connectivity index (χ1v) is 3.98. The Labute approximate surface area is 69.4 Å².